The molecule has 0 fully saturated rings. The predicted octanol–water partition coefficient (Wildman–Crippen LogP) is 0.546. The molecule has 0 aliphatic rings. The summed E-state index contributed by atoms with van der Waals surface area (Å²) >= 11 is 0. The maximum Gasteiger partial charge on any atom is 0.365 e. The second-order valence-electron chi connectivity index (χ2n) is 4.42. The van der Waals surface area contributed by atoms with Crippen molar-refractivity contribution in [3.8, 4) is 5.69 Å². The lowest BCUT2D eigenvalue weighted by atomic mass is 10.2. The number of carbonyl (C=O) groups excluding carboxylic acids is 1. The van der Waals surface area contributed by atoms with E-state index in [0.29, 0.717) is 17.1 Å². The minimum Gasteiger partial charge on any atom is -0.347 e. The molecule has 8 nitrogen and oxygen atoms in total. The van der Waals surface area contributed by atoms with Gasteiger partial charge in [-0.2, -0.15) is 4.68 Å². The molecule has 1 amide bonds. The lowest BCUT2D eigenvalue weighted by molar-refractivity contribution is 0.101. The summed E-state index contributed by atoms with van der Waals surface area (Å²) in [5.74, 6) is -0.200. The van der Waals surface area contributed by atoms with E-state index in [1.807, 2.05) is 0 Å². The third-order valence-electron chi connectivity index (χ3n) is 3.02. The van der Waals surface area contributed by atoms with Crippen LogP contribution in [0, 0.1) is 0 Å². The number of aryl methyl sites for hydroxylation is 1. The number of nitrogens with one attached hydrogen (secondary N) is 2. The molecule has 0 atom stereocenters. The summed E-state index contributed by atoms with van der Waals surface area (Å²) < 4.78 is 2.86. The van der Waals surface area contributed by atoms with Gasteiger partial charge in [-0.3, -0.25) is 4.79 Å². The largest absolute Gasteiger partial charge is 0.365 e. The average molecular weight is 284 g/mol. The predicted molar refractivity (Wildman–Crippen MR) is 75.3 cm³/mol. The second kappa shape index (κ2) is 5.08. The van der Waals surface area contributed by atoms with Crippen LogP contribution < -0.4 is 11.0 Å². The van der Waals surface area contributed by atoms with E-state index >= 15 is 0 Å². The Bertz CT molecular complexity index is 827. The topological polar surface area (TPSA) is 97.6 Å². The molecular weight excluding hydrogens is 272 g/mol. The quantitative estimate of drug-likeness (QED) is 0.733. The average Bonchev–Trinajstić information content (AvgIpc) is 3.08. The van der Waals surface area contributed by atoms with E-state index in [-0.39, 0.29) is 5.91 Å². The Morgan fingerprint density at radius 2 is 2.00 bits per heavy atom. The van der Waals surface area contributed by atoms with Gasteiger partial charge in [0.2, 0.25) is 0 Å². The van der Waals surface area contributed by atoms with Gasteiger partial charge in [0.05, 0.1) is 5.69 Å². The fourth-order valence-electron chi connectivity index (χ4n) is 1.94. The molecule has 2 N–H and O–H groups in total. The van der Waals surface area contributed by atoms with Crippen molar-refractivity contribution in [2.45, 2.75) is 0 Å². The van der Waals surface area contributed by atoms with Crippen molar-refractivity contribution in [2.24, 2.45) is 7.05 Å². The number of nitrogens with zero attached hydrogens (tertiary/aromatic N) is 4. The first kappa shape index (κ1) is 12.9. The summed E-state index contributed by atoms with van der Waals surface area (Å²) in [5.41, 5.74) is 1.33. The second-order valence-corrected chi connectivity index (χ2v) is 4.42. The van der Waals surface area contributed by atoms with E-state index in [9.17, 15) is 9.59 Å². The third-order valence-corrected chi connectivity index (χ3v) is 3.02. The molecule has 0 unspecified atom stereocenters. The smallest absolute Gasteiger partial charge is 0.347 e. The van der Waals surface area contributed by atoms with Crippen LogP contribution in [0.25, 0.3) is 5.69 Å². The van der Waals surface area contributed by atoms with Crippen LogP contribution in [0.15, 0.2) is 47.4 Å². The molecule has 0 saturated heterocycles. The Balaban J connectivity index is 1.79. The van der Waals surface area contributed by atoms with Crippen molar-refractivity contribution in [3.63, 3.8) is 0 Å². The van der Waals surface area contributed by atoms with Gasteiger partial charge in [-0.1, -0.05) is 0 Å². The standard InChI is InChI=1S/C13H12N6O2/c1-18-8-2-3-11(18)12(20)14-9-4-6-10(7-5-9)19-13(21)15-16-17-19/h2-8H,1H3,(H,14,20)(H,15,17,21). The molecule has 1 aromatic carbocycles. The fourth-order valence-corrected chi connectivity index (χ4v) is 1.94. The number of carbonyl (C=O) groups is 1. The highest BCUT2D eigenvalue weighted by Crippen LogP contribution is 2.12. The first-order valence-corrected chi connectivity index (χ1v) is 6.18. The molecule has 3 rings (SSSR count). The maximum absolute atomic E-state index is 12.0. The van der Waals surface area contributed by atoms with Crippen LogP contribution in [0.1, 0.15) is 10.5 Å². The third kappa shape index (κ3) is 2.46. The zero-order chi connectivity index (χ0) is 14.8. The monoisotopic (exact) mass is 284 g/mol. The molecule has 2 aromatic heterocycles. The lowest BCUT2D eigenvalue weighted by Crippen LogP contribution is -2.17. The van der Waals surface area contributed by atoms with Gasteiger partial charge in [0.25, 0.3) is 5.91 Å². The number of H-pyrrole nitrogens is 1. The van der Waals surface area contributed by atoms with Crippen molar-refractivity contribution in [2.75, 3.05) is 5.32 Å². The lowest BCUT2D eigenvalue weighted by Gasteiger charge is -2.06. The number of hydrogen-bond donors (Lipinski definition) is 2. The van der Waals surface area contributed by atoms with Gasteiger partial charge in [0.15, 0.2) is 0 Å². The van der Waals surface area contributed by atoms with Crippen LogP contribution >= 0.6 is 0 Å². The summed E-state index contributed by atoms with van der Waals surface area (Å²) in [4.78, 5) is 23.4. The van der Waals surface area contributed by atoms with E-state index in [1.165, 1.54) is 0 Å². The summed E-state index contributed by atoms with van der Waals surface area (Å²) in [6, 6.07) is 10.3. The van der Waals surface area contributed by atoms with Gasteiger partial charge in [-0.05, 0) is 46.8 Å². The molecule has 0 saturated carbocycles. The summed E-state index contributed by atoms with van der Waals surface area (Å²) in [6.07, 6.45) is 1.80. The van der Waals surface area contributed by atoms with E-state index in [1.54, 1.807) is 54.2 Å². The number of aromatic nitrogens is 5. The normalized spacial score (nSPS) is 10.5. The molecule has 0 aliphatic heterocycles. The molecule has 2 heterocycles. The zero-order valence-electron chi connectivity index (χ0n) is 11.1. The first-order valence-electron chi connectivity index (χ1n) is 6.18. The minimum atomic E-state index is -0.421. The molecule has 0 aliphatic carbocycles. The number of benzene rings is 1. The number of aromatic amines is 1. The molecule has 0 bridgehead atoms. The van der Waals surface area contributed by atoms with Gasteiger partial charge in [-0.15, -0.1) is 0 Å². The summed E-state index contributed by atoms with van der Waals surface area (Å²) in [5, 5.41) is 12.0. The van der Waals surface area contributed by atoms with Crippen molar-refractivity contribution in [1.82, 2.24) is 24.8 Å². The number of rotatable bonds is 3. The van der Waals surface area contributed by atoms with Crippen molar-refractivity contribution in [1.29, 1.82) is 0 Å². The maximum atomic E-state index is 12.0. The molecule has 0 spiro atoms. The highest BCUT2D eigenvalue weighted by atomic mass is 16.2. The summed E-state index contributed by atoms with van der Waals surface area (Å²) in [7, 11) is 1.80. The van der Waals surface area contributed by atoms with Gasteiger partial charge in [0, 0.05) is 18.9 Å². The van der Waals surface area contributed by atoms with Crippen LogP contribution in [0.5, 0.6) is 0 Å². The fraction of sp³-hybridized carbons (Fsp3) is 0.0769. The SMILES string of the molecule is Cn1cccc1C(=O)Nc1ccc(-n2nn[nH]c2=O)cc1. The van der Waals surface area contributed by atoms with Crippen LogP contribution in [0.3, 0.4) is 0 Å². The van der Waals surface area contributed by atoms with Crippen molar-refractivity contribution in [3.05, 3.63) is 58.8 Å². The number of hydrogen-bond acceptors (Lipinski definition) is 4. The highest BCUT2D eigenvalue weighted by molar-refractivity contribution is 6.03. The Kier molecular flexibility index (Phi) is 3.11. The van der Waals surface area contributed by atoms with Gasteiger partial charge >= 0.3 is 5.69 Å². The molecule has 8 heteroatoms. The highest BCUT2D eigenvalue weighted by Gasteiger charge is 2.09. The Hall–Kier alpha value is -3.16. The molecule has 106 valence electrons. The molecule has 3 aromatic rings. The van der Waals surface area contributed by atoms with E-state index < -0.39 is 5.69 Å². The Morgan fingerprint density at radius 3 is 2.57 bits per heavy atom. The minimum absolute atomic E-state index is 0.200. The van der Waals surface area contributed by atoms with Gasteiger partial charge < -0.3 is 9.88 Å². The van der Waals surface area contributed by atoms with Crippen LogP contribution in [-0.4, -0.2) is 30.7 Å². The number of anilines is 1. The van der Waals surface area contributed by atoms with E-state index in [4.69, 9.17) is 0 Å². The molecular formula is C13H12N6O2. The van der Waals surface area contributed by atoms with Crippen LogP contribution in [0.2, 0.25) is 0 Å². The first-order chi connectivity index (χ1) is 10.1. The van der Waals surface area contributed by atoms with Crippen molar-refractivity contribution >= 4 is 11.6 Å². The summed E-state index contributed by atoms with van der Waals surface area (Å²) in [6.45, 7) is 0. The molecule has 21 heavy (non-hydrogen) atoms. The number of tetrazole rings is 1. The van der Waals surface area contributed by atoms with Crippen LogP contribution in [0.4, 0.5) is 5.69 Å². The number of amides is 1. The van der Waals surface area contributed by atoms with E-state index in [2.05, 4.69) is 20.8 Å². The van der Waals surface area contributed by atoms with Gasteiger partial charge in [0.1, 0.15) is 5.69 Å². The zero-order valence-corrected chi connectivity index (χ0v) is 11.1. The Morgan fingerprint density at radius 1 is 1.24 bits per heavy atom. The molecule has 0 radical (unpaired) electrons. The Labute approximate surface area is 119 Å². The van der Waals surface area contributed by atoms with E-state index in [0.717, 1.165) is 4.68 Å². The van der Waals surface area contributed by atoms with Crippen molar-refractivity contribution < 1.29 is 4.79 Å². The van der Waals surface area contributed by atoms with Gasteiger partial charge in [-0.25, -0.2) is 9.89 Å². The van der Waals surface area contributed by atoms with Crippen LogP contribution in [-0.2, 0) is 7.05 Å².